The Morgan fingerprint density at radius 3 is 2.65 bits per heavy atom. The number of nitrogens with two attached hydrogens (primary N) is 3. The van der Waals surface area contributed by atoms with Gasteiger partial charge in [-0.15, -0.1) is 0 Å². The second kappa shape index (κ2) is 4.84. The first-order valence-electron chi connectivity index (χ1n) is 6.17. The minimum Gasteiger partial charge on any atom is -0.370 e. The lowest BCUT2D eigenvalue weighted by Gasteiger charge is -2.32. The average Bonchev–Trinajstić information content (AvgIpc) is 2.34. The van der Waals surface area contributed by atoms with Gasteiger partial charge in [-0.25, -0.2) is 4.99 Å². The molecule has 0 saturated carbocycles. The maximum atomic E-state index is 11.9. The Bertz CT molecular complexity index is 613. The molecule has 0 aliphatic carbocycles. The van der Waals surface area contributed by atoms with Gasteiger partial charge in [0.05, 0.1) is 11.1 Å². The van der Waals surface area contributed by atoms with Crippen LogP contribution in [0.15, 0.2) is 28.2 Å². The molecular formula is C13H18N6O. The van der Waals surface area contributed by atoms with Crippen LogP contribution in [-0.2, 0) is 16.8 Å². The van der Waals surface area contributed by atoms with Gasteiger partial charge in [0.15, 0.2) is 5.96 Å². The van der Waals surface area contributed by atoms with Crippen LogP contribution in [0.25, 0.3) is 0 Å². The molecule has 0 unspecified atom stereocenters. The second-order valence-electron chi connectivity index (χ2n) is 5.12. The van der Waals surface area contributed by atoms with E-state index >= 15 is 0 Å². The number of carbonyl (C=O) groups excluding carboxylic acids is 1. The molecule has 0 fully saturated rings. The first-order chi connectivity index (χ1) is 9.32. The second-order valence-corrected chi connectivity index (χ2v) is 5.12. The van der Waals surface area contributed by atoms with Gasteiger partial charge < -0.3 is 22.5 Å². The highest BCUT2D eigenvalue weighted by Gasteiger charge is 2.36. The monoisotopic (exact) mass is 274 g/mol. The van der Waals surface area contributed by atoms with E-state index in [0.29, 0.717) is 12.2 Å². The Hall–Kier alpha value is -2.57. The summed E-state index contributed by atoms with van der Waals surface area (Å²) in [6.45, 7) is 4.15. The molecule has 0 bridgehead atoms. The Kier molecular flexibility index (Phi) is 3.35. The third kappa shape index (κ3) is 2.42. The molecule has 1 amide bonds. The van der Waals surface area contributed by atoms with Crippen LogP contribution in [0, 0.1) is 0 Å². The van der Waals surface area contributed by atoms with Crippen LogP contribution in [-0.4, -0.2) is 17.8 Å². The highest BCUT2D eigenvalue weighted by Crippen LogP contribution is 2.35. The molecule has 2 rings (SSSR count). The molecule has 1 aromatic rings. The third-order valence-electron chi connectivity index (χ3n) is 3.30. The Morgan fingerprint density at radius 1 is 1.30 bits per heavy atom. The van der Waals surface area contributed by atoms with Crippen molar-refractivity contribution in [3.05, 3.63) is 29.3 Å². The lowest BCUT2D eigenvalue weighted by molar-refractivity contribution is -0.126. The summed E-state index contributed by atoms with van der Waals surface area (Å²) in [5.74, 6) is -0.180. The fourth-order valence-electron chi connectivity index (χ4n) is 2.24. The van der Waals surface area contributed by atoms with E-state index in [1.54, 1.807) is 0 Å². The van der Waals surface area contributed by atoms with Crippen molar-refractivity contribution in [3.8, 4) is 0 Å². The number of amides is 1. The van der Waals surface area contributed by atoms with Crippen LogP contribution < -0.4 is 22.5 Å². The van der Waals surface area contributed by atoms with Crippen molar-refractivity contribution in [2.45, 2.75) is 25.8 Å². The van der Waals surface area contributed by atoms with Crippen LogP contribution in [0.3, 0.4) is 0 Å². The zero-order valence-electron chi connectivity index (χ0n) is 11.5. The fourth-order valence-corrected chi connectivity index (χ4v) is 2.24. The Balaban J connectivity index is 2.52. The highest BCUT2D eigenvalue weighted by molar-refractivity contribution is 5.94. The van der Waals surface area contributed by atoms with Gasteiger partial charge in [0.2, 0.25) is 11.9 Å². The summed E-state index contributed by atoms with van der Waals surface area (Å²) in [4.78, 5) is 19.8. The van der Waals surface area contributed by atoms with Crippen molar-refractivity contribution in [2.75, 3.05) is 0 Å². The number of fused-ring (bicyclic) bond motifs is 1. The smallest absolute Gasteiger partial charge is 0.230 e. The van der Waals surface area contributed by atoms with Crippen molar-refractivity contribution < 1.29 is 4.79 Å². The number of aliphatic imine (C=N–C) groups is 2. The van der Waals surface area contributed by atoms with Gasteiger partial charge in [0.25, 0.3) is 0 Å². The quantitative estimate of drug-likeness (QED) is 0.417. The van der Waals surface area contributed by atoms with Crippen molar-refractivity contribution >= 4 is 23.5 Å². The van der Waals surface area contributed by atoms with Crippen LogP contribution in [0.2, 0.25) is 0 Å². The molecule has 0 radical (unpaired) electrons. The lowest BCUT2D eigenvalue weighted by Crippen LogP contribution is -2.44. The van der Waals surface area contributed by atoms with E-state index < -0.39 is 5.41 Å². The Labute approximate surface area is 117 Å². The van der Waals surface area contributed by atoms with Crippen LogP contribution in [0.4, 0.5) is 5.69 Å². The minimum absolute atomic E-state index is 0.0108. The SMILES string of the molecule is CC1(C)C(=O)NCc2c(N=C(N)N=C(N)N)cccc21. The van der Waals surface area contributed by atoms with Gasteiger partial charge in [0.1, 0.15) is 0 Å². The van der Waals surface area contributed by atoms with Gasteiger partial charge in [-0.05, 0) is 25.5 Å². The van der Waals surface area contributed by atoms with E-state index in [4.69, 9.17) is 17.2 Å². The van der Waals surface area contributed by atoms with Gasteiger partial charge in [0, 0.05) is 12.1 Å². The van der Waals surface area contributed by atoms with Crippen molar-refractivity contribution in [3.63, 3.8) is 0 Å². The summed E-state index contributed by atoms with van der Waals surface area (Å²) in [5, 5.41) is 2.85. The first-order valence-corrected chi connectivity index (χ1v) is 6.17. The van der Waals surface area contributed by atoms with Crippen molar-refractivity contribution in [2.24, 2.45) is 27.2 Å². The van der Waals surface area contributed by atoms with Crippen LogP contribution >= 0.6 is 0 Å². The van der Waals surface area contributed by atoms with Gasteiger partial charge in [-0.1, -0.05) is 12.1 Å². The number of hydrogen-bond acceptors (Lipinski definition) is 2. The zero-order valence-corrected chi connectivity index (χ0v) is 11.5. The normalized spacial score (nSPS) is 17.1. The molecule has 106 valence electrons. The minimum atomic E-state index is -0.607. The fraction of sp³-hybridized carbons (Fsp3) is 0.308. The summed E-state index contributed by atoms with van der Waals surface area (Å²) in [6.07, 6.45) is 0. The molecule has 0 saturated heterocycles. The summed E-state index contributed by atoms with van der Waals surface area (Å²) in [5.41, 5.74) is 18.1. The molecule has 0 spiro atoms. The average molecular weight is 274 g/mol. The number of nitrogens with one attached hydrogen (secondary N) is 1. The molecule has 1 aliphatic rings. The number of benzene rings is 1. The third-order valence-corrected chi connectivity index (χ3v) is 3.30. The molecule has 7 N–H and O–H groups in total. The predicted octanol–water partition coefficient (Wildman–Crippen LogP) is -0.186. The summed E-state index contributed by atoms with van der Waals surface area (Å²) in [7, 11) is 0. The van der Waals surface area contributed by atoms with E-state index in [-0.39, 0.29) is 17.8 Å². The molecule has 0 atom stereocenters. The number of rotatable bonds is 1. The maximum Gasteiger partial charge on any atom is 0.230 e. The molecule has 20 heavy (non-hydrogen) atoms. The highest BCUT2D eigenvalue weighted by atomic mass is 16.2. The number of nitrogens with zero attached hydrogens (tertiary/aromatic N) is 2. The zero-order chi connectivity index (χ0) is 14.9. The predicted molar refractivity (Wildman–Crippen MR) is 78.4 cm³/mol. The molecule has 1 aliphatic heterocycles. The molecule has 7 heteroatoms. The van der Waals surface area contributed by atoms with E-state index in [1.807, 2.05) is 32.0 Å². The first kappa shape index (κ1) is 13.9. The van der Waals surface area contributed by atoms with E-state index in [1.165, 1.54) is 0 Å². The molecule has 1 aromatic carbocycles. The number of guanidine groups is 2. The lowest BCUT2D eigenvalue weighted by atomic mass is 9.78. The van der Waals surface area contributed by atoms with E-state index in [0.717, 1.165) is 11.1 Å². The summed E-state index contributed by atoms with van der Waals surface area (Å²) >= 11 is 0. The number of hydrogen-bond donors (Lipinski definition) is 4. The summed E-state index contributed by atoms with van der Waals surface area (Å²) in [6, 6.07) is 5.56. The standard InChI is InChI=1S/C13H18N6O/c1-13(2)8-4-3-5-9(7(8)6-17-10(13)20)18-12(16)19-11(14)15/h3-5H,6H2,1-2H3,(H,17,20)(H6,14,15,16,18,19). The number of carbonyl (C=O) groups is 1. The van der Waals surface area contributed by atoms with Crippen LogP contribution in [0.5, 0.6) is 0 Å². The maximum absolute atomic E-state index is 11.9. The summed E-state index contributed by atoms with van der Waals surface area (Å²) < 4.78 is 0. The molecule has 0 aromatic heterocycles. The van der Waals surface area contributed by atoms with Gasteiger partial charge in [-0.3, -0.25) is 4.79 Å². The topological polar surface area (TPSA) is 132 Å². The largest absolute Gasteiger partial charge is 0.370 e. The van der Waals surface area contributed by atoms with Crippen molar-refractivity contribution in [1.29, 1.82) is 0 Å². The van der Waals surface area contributed by atoms with Gasteiger partial charge >= 0.3 is 0 Å². The molecule has 7 nitrogen and oxygen atoms in total. The Morgan fingerprint density at radius 2 is 2.00 bits per heavy atom. The van der Waals surface area contributed by atoms with E-state index in [9.17, 15) is 4.79 Å². The molecular weight excluding hydrogens is 256 g/mol. The van der Waals surface area contributed by atoms with Crippen LogP contribution in [0.1, 0.15) is 25.0 Å². The molecule has 1 heterocycles. The van der Waals surface area contributed by atoms with E-state index in [2.05, 4.69) is 15.3 Å². The van der Waals surface area contributed by atoms with Gasteiger partial charge in [-0.2, -0.15) is 4.99 Å². The van der Waals surface area contributed by atoms with Crippen molar-refractivity contribution in [1.82, 2.24) is 5.32 Å².